The highest BCUT2D eigenvalue weighted by molar-refractivity contribution is 6.30. The van der Waals surface area contributed by atoms with E-state index in [0.717, 1.165) is 5.56 Å². The third-order valence-corrected chi connectivity index (χ3v) is 3.27. The van der Waals surface area contributed by atoms with Gasteiger partial charge >= 0.3 is 0 Å². The Bertz CT molecular complexity index is 754. The fourth-order valence-corrected chi connectivity index (χ4v) is 2.09. The first-order chi connectivity index (χ1) is 10.6. The summed E-state index contributed by atoms with van der Waals surface area (Å²) in [6.07, 6.45) is -0.199. The van der Waals surface area contributed by atoms with Crippen molar-refractivity contribution in [3.8, 4) is 0 Å². The van der Waals surface area contributed by atoms with Gasteiger partial charge in [0.05, 0.1) is 18.9 Å². The molecule has 0 amide bonds. The molecule has 114 valence electrons. The number of halogens is 1. The van der Waals surface area contributed by atoms with Crippen LogP contribution in [0.15, 0.2) is 33.3 Å². The second kappa shape index (κ2) is 6.25. The van der Waals surface area contributed by atoms with Crippen LogP contribution in [0.1, 0.15) is 35.1 Å². The molecular weight excluding hydrogens is 308 g/mol. The monoisotopic (exact) mass is 320 g/mol. The molecule has 0 aliphatic carbocycles. The topological polar surface area (TPSA) is 98.1 Å². The molecule has 1 aromatic carbocycles. The van der Waals surface area contributed by atoms with Gasteiger partial charge in [-0.2, -0.15) is 9.97 Å². The van der Waals surface area contributed by atoms with Crippen LogP contribution in [0.5, 0.6) is 0 Å². The fourth-order valence-electron chi connectivity index (χ4n) is 1.97. The Labute approximate surface area is 130 Å². The van der Waals surface area contributed by atoms with Gasteiger partial charge in [0.15, 0.2) is 11.6 Å². The Hall–Kier alpha value is -2.25. The van der Waals surface area contributed by atoms with Gasteiger partial charge in [-0.3, -0.25) is 0 Å². The minimum atomic E-state index is -0.738. The van der Waals surface area contributed by atoms with Crippen LogP contribution in [0.3, 0.4) is 0 Å². The van der Waals surface area contributed by atoms with E-state index in [9.17, 15) is 5.11 Å². The van der Waals surface area contributed by atoms with Gasteiger partial charge in [-0.15, -0.1) is 0 Å². The van der Waals surface area contributed by atoms with E-state index in [-0.39, 0.29) is 6.42 Å². The zero-order valence-corrected chi connectivity index (χ0v) is 12.5. The van der Waals surface area contributed by atoms with E-state index < -0.39 is 6.10 Å². The van der Waals surface area contributed by atoms with Crippen LogP contribution in [0.25, 0.3) is 0 Å². The predicted octanol–water partition coefficient (Wildman–Crippen LogP) is 2.28. The highest BCUT2D eigenvalue weighted by Crippen LogP contribution is 2.19. The van der Waals surface area contributed by atoms with Crippen molar-refractivity contribution in [3.63, 3.8) is 0 Å². The first-order valence-corrected chi connectivity index (χ1v) is 7.02. The van der Waals surface area contributed by atoms with Crippen molar-refractivity contribution < 1.29 is 14.2 Å². The Morgan fingerprint density at radius 2 is 1.77 bits per heavy atom. The summed E-state index contributed by atoms with van der Waals surface area (Å²) in [5.41, 5.74) is 0.734. The molecule has 0 fully saturated rings. The maximum absolute atomic E-state index is 10.2. The molecule has 0 aliphatic rings. The summed E-state index contributed by atoms with van der Waals surface area (Å²) in [5.74, 6) is 1.76. The SMILES string of the molecule is Cc1nc(Cc2noc(C[C@@H](O)c3ccc(Cl)cc3)n2)no1. The van der Waals surface area contributed by atoms with Crippen LogP contribution in [0, 0.1) is 6.92 Å². The molecule has 2 heterocycles. The van der Waals surface area contributed by atoms with Gasteiger partial charge < -0.3 is 14.2 Å². The standard InChI is InChI=1S/C14H13ClN4O3/c1-8-16-12(18-21-8)7-13-17-14(22-19-13)6-11(20)9-2-4-10(15)5-3-9/h2-5,11,20H,6-7H2,1H3/t11-/m1/s1. The lowest BCUT2D eigenvalue weighted by Crippen LogP contribution is -2.02. The summed E-state index contributed by atoms with van der Waals surface area (Å²) < 4.78 is 10.0. The molecule has 3 rings (SSSR count). The van der Waals surface area contributed by atoms with Gasteiger partial charge in [0.2, 0.25) is 11.8 Å². The van der Waals surface area contributed by atoms with Crippen LogP contribution in [-0.2, 0) is 12.8 Å². The van der Waals surface area contributed by atoms with Gasteiger partial charge in [-0.25, -0.2) is 0 Å². The van der Waals surface area contributed by atoms with Crippen LogP contribution in [-0.4, -0.2) is 25.4 Å². The van der Waals surface area contributed by atoms with Gasteiger partial charge in [0.25, 0.3) is 0 Å². The summed E-state index contributed by atoms with van der Waals surface area (Å²) in [4.78, 5) is 8.28. The fraction of sp³-hybridized carbons (Fsp3) is 0.286. The van der Waals surface area contributed by atoms with Crippen molar-refractivity contribution in [1.29, 1.82) is 0 Å². The Morgan fingerprint density at radius 1 is 1.09 bits per heavy atom. The maximum atomic E-state index is 10.2. The minimum Gasteiger partial charge on any atom is -0.388 e. The average molecular weight is 321 g/mol. The van der Waals surface area contributed by atoms with E-state index in [1.807, 2.05) is 0 Å². The largest absolute Gasteiger partial charge is 0.388 e. The van der Waals surface area contributed by atoms with Gasteiger partial charge in [0, 0.05) is 11.9 Å². The second-order valence-electron chi connectivity index (χ2n) is 4.78. The molecule has 0 bridgehead atoms. The van der Waals surface area contributed by atoms with E-state index >= 15 is 0 Å². The van der Waals surface area contributed by atoms with E-state index in [0.29, 0.717) is 34.9 Å². The molecule has 0 radical (unpaired) electrons. The molecule has 8 heteroatoms. The number of aliphatic hydroxyl groups excluding tert-OH is 1. The molecule has 3 aromatic rings. The van der Waals surface area contributed by atoms with E-state index in [1.54, 1.807) is 31.2 Å². The predicted molar refractivity (Wildman–Crippen MR) is 76.3 cm³/mol. The zero-order valence-electron chi connectivity index (χ0n) is 11.7. The third kappa shape index (κ3) is 3.49. The molecule has 2 aromatic heterocycles. The Balaban J connectivity index is 1.64. The number of benzene rings is 1. The smallest absolute Gasteiger partial charge is 0.229 e. The first kappa shape index (κ1) is 14.7. The summed E-state index contributed by atoms with van der Waals surface area (Å²) in [7, 11) is 0. The van der Waals surface area contributed by atoms with Crippen molar-refractivity contribution in [2.45, 2.75) is 25.9 Å². The molecule has 0 unspecified atom stereocenters. The zero-order chi connectivity index (χ0) is 15.5. The number of aromatic nitrogens is 4. The van der Waals surface area contributed by atoms with Crippen molar-refractivity contribution >= 4 is 11.6 Å². The number of hydrogen-bond acceptors (Lipinski definition) is 7. The molecule has 0 spiro atoms. The van der Waals surface area contributed by atoms with Crippen LogP contribution < -0.4 is 0 Å². The summed E-state index contributed by atoms with van der Waals surface area (Å²) in [6, 6.07) is 6.95. The maximum Gasteiger partial charge on any atom is 0.229 e. The molecule has 7 nitrogen and oxygen atoms in total. The lowest BCUT2D eigenvalue weighted by Gasteiger charge is -2.07. The highest BCUT2D eigenvalue weighted by atomic mass is 35.5. The normalized spacial score (nSPS) is 12.5. The van der Waals surface area contributed by atoms with Crippen LogP contribution in [0.4, 0.5) is 0 Å². The van der Waals surface area contributed by atoms with Gasteiger partial charge in [-0.05, 0) is 17.7 Å². The van der Waals surface area contributed by atoms with Crippen molar-refractivity contribution in [3.05, 3.63) is 58.3 Å². The molecule has 22 heavy (non-hydrogen) atoms. The second-order valence-corrected chi connectivity index (χ2v) is 5.22. The van der Waals surface area contributed by atoms with Crippen molar-refractivity contribution in [1.82, 2.24) is 20.3 Å². The van der Waals surface area contributed by atoms with Crippen LogP contribution in [0.2, 0.25) is 5.02 Å². The highest BCUT2D eigenvalue weighted by Gasteiger charge is 2.15. The quantitative estimate of drug-likeness (QED) is 0.770. The number of nitrogens with zero attached hydrogens (tertiary/aromatic N) is 4. The number of aryl methyl sites for hydroxylation is 1. The van der Waals surface area contributed by atoms with Crippen LogP contribution >= 0.6 is 11.6 Å². The van der Waals surface area contributed by atoms with E-state index in [1.165, 1.54) is 0 Å². The Morgan fingerprint density at radius 3 is 2.45 bits per heavy atom. The van der Waals surface area contributed by atoms with Crippen molar-refractivity contribution in [2.75, 3.05) is 0 Å². The third-order valence-electron chi connectivity index (χ3n) is 3.02. The summed E-state index contributed by atoms with van der Waals surface area (Å²) in [5, 5.41) is 18.4. The summed E-state index contributed by atoms with van der Waals surface area (Å²) in [6.45, 7) is 1.71. The first-order valence-electron chi connectivity index (χ1n) is 6.64. The Kier molecular flexibility index (Phi) is 4.17. The van der Waals surface area contributed by atoms with Crippen molar-refractivity contribution in [2.24, 2.45) is 0 Å². The van der Waals surface area contributed by atoms with E-state index in [2.05, 4.69) is 20.3 Å². The molecular formula is C14H13ClN4O3. The van der Waals surface area contributed by atoms with Gasteiger partial charge in [-0.1, -0.05) is 34.0 Å². The molecule has 0 saturated carbocycles. The molecule has 1 atom stereocenters. The number of rotatable bonds is 5. The van der Waals surface area contributed by atoms with Gasteiger partial charge in [0.1, 0.15) is 0 Å². The average Bonchev–Trinajstić information content (AvgIpc) is 3.09. The molecule has 0 aliphatic heterocycles. The summed E-state index contributed by atoms with van der Waals surface area (Å²) >= 11 is 5.82. The number of aliphatic hydroxyl groups is 1. The lowest BCUT2D eigenvalue weighted by atomic mass is 10.1. The number of hydrogen-bond donors (Lipinski definition) is 1. The minimum absolute atomic E-state index is 0.222. The molecule has 0 saturated heterocycles. The van der Waals surface area contributed by atoms with E-state index in [4.69, 9.17) is 20.6 Å². The lowest BCUT2D eigenvalue weighted by molar-refractivity contribution is 0.164. The molecule has 1 N–H and O–H groups in total.